The molecule has 8 aromatic carbocycles. The fourth-order valence-electron chi connectivity index (χ4n) is 18.4. The van der Waals surface area contributed by atoms with Crippen molar-refractivity contribution in [2.75, 3.05) is 14.7 Å². The van der Waals surface area contributed by atoms with E-state index in [2.05, 4.69) is 257 Å². The summed E-state index contributed by atoms with van der Waals surface area (Å²) in [6, 6.07) is 59.2. The molecule has 7 aliphatic rings. The lowest BCUT2D eigenvalue weighted by Crippen LogP contribution is -2.62. The monoisotopic (exact) mass is 1130 g/mol. The second-order valence-electron chi connectivity index (χ2n) is 31.9. The summed E-state index contributed by atoms with van der Waals surface area (Å²) >= 11 is 1.94. The van der Waals surface area contributed by atoms with E-state index < -0.39 is 0 Å². The standard InChI is InChI=1S/C80H86BN3S/c1-73(2)35-36-74(3,4)55-42-51(30-31-54(55)73)82-65-47-58-56(75(5,6)37-39-77(58,9)10)45-61(65)81-62-46-57-59(78(11,12)40-38-76(57,7)8)48-66(62)83(64-26-22-28-70-71(64)53-25-18-19-27-69(53)85-70)68-44-52(43-67(82)72(68)81)84-63-32-29-50(49-23-16-15-17-24-49)41-60(63)79(13)33-20-21-34-80(79,84)14/h15-19,22-32,41-48H,20-21,33-40H2,1-14H3. The van der Waals surface area contributed by atoms with Crippen LogP contribution < -0.4 is 31.1 Å². The van der Waals surface area contributed by atoms with E-state index in [1.165, 1.54) is 171 Å². The Labute approximate surface area is 512 Å². The number of rotatable bonds is 4. The Balaban J connectivity index is 1.08. The molecule has 0 saturated heterocycles. The molecule has 1 fully saturated rings. The Morgan fingerprint density at radius 3 is 1.52 bits per heavy atom. The molecule has 1 aromatic heterocycles. The van der Waals surface area contributed by atoms with E-state index >= 15 is 0 Å². The van der Waals surface area contributed by atoms with E-state index in [1.54, 1.807) is 0 Å². The molecule has 3 aliphatic heterocycles. The van der Waals surface area contributed by atoms with Crippen LogP contribution in [0.5, 0.6) is 0 Å². The van der Waals surface area contributed by atoms with Gasteiger partial charge < -0.3 is 14.7 Å². The van der Waals surface area contributed by atoms with Gasteiger partial charge in [0.05, 0.1) is 11.2 Å². The minimum Gasteiger partial charge on any atom is -0.334 e. The Kier molecular flexibility index (Phi) is 11.1. The van der Waals surface area contributed by atoms with Crippen LogP contribution in [0.25, 0.3) is 31.3 Å². The van der Waals surface area contributed by atoms with Crippen molar-refractivity contribution in [1.29, 1.82) is 0 Å². The number of hydrogen-bond acceptors (Lipinski definition) is 4. The average Bonchev–Trinajstić information content (AvgIpc) is 1.62. The summed E-state index contributed by atoms with van der Waals surface area (Å²) in [6.45, 7) is 35.5. The van der Waals surface area contributed by atoms with Gasteiger partial charge in [0, 0.05) is 65.4 Å². The first-order chi connectivity index (χ1) is 40.3. The molecule has 4 heterocycles. The number of anilines is 8. The van der Waals surface area contributed by atoms with Gasteiger partial charge in [0.25, 0.3) is 6.71 Å². The number of hydrogen-bond donors (Lipinski definition) is 0. The van der Waals surface area contributed by atoms with Crippen molar-refractivity contribution in [2.45, 2.75) is 205 Å². The smallest absolute Gasteiger partial charge is 0.252 e. The summed E-state index contributed by atoms with van der Waals surface area (Å²) < 4.78 is 2.68. The second-order valence-corrected chi connectivity index (χ2v) is 33.0. The van der Waals surface area contributed by atoms with E-state index in [4.69, 9.17) is 0 Å². The van der Waals surface area contributed by atoms with Crippen LogP contribution in [0.3, 0.4) is 0 Å². The average molecular weight is 1130 g/mol. The predicted molar refractivity (Wildman–Crippen MR) is 367 cm³/mol. The summed E-state index contributed by atoms with van der Waals surface area (Å²) in [6.07, 6.45) is 11.7. The minimum absolute atomic E-state index is 0.00254. The molecule has 430 valence electrons. The largest absolute Gasteiger partial charge is 0.334 e. The lowest BCUT2D eigenvalue weighted by molar-refractivity contribution is 0.195. The molecule has 16 rings (SSSR count). The molecule has 0 N–H and O–H groups in total. The molecule has 3 nitrogen and oxygen atoms in total. The van der Waals surface area contributed by atoms with Crippen molar-refractivity contribution in [2.24, 2.45) is 0 Å². The highest BCUT2D eigenvalue weighted by molar-refractivity contribution is 7.26. The van der Waals surface area contributed by atoms with Crippen LogP contribution in [-0.4, -0.2) is 12.3 Å². The van der Waals surface area contributed by atoms with Gasteiger partial charge in [-0.05, 0) is 224 Å². The summed E-state index contributed by atoms with van der Waals surface area (Å²) in [4.78, 5) is 8.52. The Morgan fingerprint density at radius 2 is 0.882 bits per heavy atom. The molecule has 0 amide bonds. The second kappa shape index (κ2) is 17.6. The molecule has 85 heavy (non-hydrogen) atoms. The van der Waals surface area contributed by atoms with Gasteiger partial charge in [-0.15, -0.1) is 11.3 Å². The van der Waals surface area contributed by atoms with Crippen LogP contribution in [0.4, 0.5) is 45.5 Å². The number of benzene rings is 8. The zero-order chi connectivity index (χ0) is 58.9. The minimum atomic E-state index is -0.188. The molecule has 0 radical (unpaired) electrons. The highest BCUT2D eigenvalue weighted by Gasteiger charge is 2.59. The van der Waals surface area contributed by atoms with E-state index in [0.29, 0.717) is 0 Å². The summed E-state index contributed by atoms with van der Waals surface area (Å²) in [7, 11) is 0. The number of thiophene rings is 1. The van der Waals surface area contributed by atoms with E-state index in [0.717, 1.165) is 25.7 Å². The van der Waals surface area contributed by atoms with Gasteiger partial charge in [-0.1, -0.05) is 182 Å². The molecule has 0 bridgehead atoms. The Morgan fingerprint density at radius 1 is 0.353 bits per heavy atom. The van der Waals surface area contributed by atoms with E-state index in [9.17, 15) is 0 Å². The van der Waals surface area contributed by atoms with Gasteiger partial charge in [-0.25, -0.2) is 0 Å². The van der Waals surface area contributed by atoms with Crippen molar-refractivity contribution in [3.8, 4) is 11.1 Å². The highest BCUT2D eigenvalue weighted by atomic mass is 32.1. The predicted octanol–water partition coefficient (Wildman–Crippen LogP) is 20.6. The fraction of sp³-hybridized carbons (Fsp3) is 0.400. The van der Waals surface area contributed by atoms with Crippen LogP contribution in [0.15, 0.2) is 146 Å². The van der Waals surface area contributed by atoms with Gasteiger partial charge in [0.1, 0.15) is 0 Å². The molecule has 5 heteroatoms. The quantitative estimate of drug-likeness (QED) is 0.163. The Hall–Kier alpha value is -6.56. The molecule has 1 saturated carbocycles. The van der Waals surface area contributed by atoms with Crippen molar-refractivity contribution in [3.05, 3.63) is 185 Å². The third kappa shape index (κ3) is 7.44. The first kappa shape index (κ1) is 53.9. The summed E-state index contributed by atoms with van der Waals surface area (Å²) in [5.41, 5.74) is 27.9. The molecule has 0 spiro atoms. The van der Waals surface area contributed by atoms with Gasteiger partial charge in [-0.2, -0.15) is 0 Å². The molecule has 9 aromatic rings. The number of nitrogens with zero attached hydrogens (tertiary/aromatic N) is 3. The molecule has 4 aliphatic carbocycles. The van der Waals surface area contributed by atoms with Crippen molar-refractivity contribution < 1.29 is 0 Å². The van der Waals surface area contributed by atoms with Crippen LogP contribution in [0.2, 0.25) is 0 Å². The van der Waals surface area contributed by atoms with Crippen molar-refractivity contribution in [3.63, 3.8) is 0 Å². The molecular weight excluding hydrogens is 1050 g/mol. The topological polar surface area (TPSA) is 9.72 Å². The van der Waals surface area contributed by atoms with Gasteiger partial charge in [0.15, 0.2) is 0 Å². The normalized spacial score (nSPS) is 23.7. The molecular formula is C80H86BN3S. The maximum atomic E-state index is 2.89. The third-order valence-corrected chi connectivity index (χ3v) is 25.3. The first-order valence-corrected chi connectivity index (χ1v) is 33.4. The Bertz CT molecular complexity index is 4340. The van der Waals surface area contributed by atoms with Crippen molar-refractivity contribution in [1.82, 2.24) is 0 Å². The van der Waals surface area contributed by atoms with Gasteiger partial charge >= 0.3 is 0 Å². The molecule has 2 unspecified atom stereocenters. The van der Waals surface area contributed by atoms with Crippen LogP contribution in [-0.2, 0) is 37.9 Å². The zero-order valence-electron chi connectivity index (χ0n) is 53.3. The van der Waals surface area contributed by atoms with E-state index in [-0.39, 0.29) is 50.2 Å². The summed E-state index contributed by atoms with van der Waals surface area (Å²) in [5.74, 6) is 0. The lowest BCUT2D eigenvalue weighted by Gasteiger charge is -2.52. The van der Waals surface area contributed by atoms with Crippen molar-refractivity contribution >= 4 is 100 Å². The SMILES string of the molecule is CC1(C)CCC(C)(C)c2cc(N3c4cc5c(cc4B4c6cc7c(cc6N(c6cccc8sc9ccccc9c68)c6cc(N8c9ccc(-c%10ccccc%10)cc9C9(C)CCCCC89C)cc3c64)C(C)(C)CCC7(C)C)C(C)(C)CCC5(C)C)ccc21. The first-order valence-electron chi connectivity index (χ1n) is 32.5. The summed E-state index contributed by atoms with van der Waals surface area (Å²) in [5, 5.41) is 2.68. The zero-order valence-corrected chi connectivity index (χ0v) is 54.1. The lowest BCUT2D eigenvalue weighted by atomic mass is 9.32. The maximum absolute atomic E-state index is 2.89. The van der Waals surface area contributed by atoms with Gasteiger partial charge in [-0.3, -0.25) is 0 Å². The molecule has 2 atom stereocenters. The van der Waals surface area contributed by atoms with Gasteiger partial charge in [0.2, 0.25) is 0 Å². The fourth-order valence-corrected chi connectivity index (χ4v) is 19.5. The van der Waals surface area contributed by atoms with E-state index in [1.807, 2.05) is 11.3 Å². The maximum Gasteiger partial charge on any atom is 0.252 e. The number of fused-ring (bicyclic) bond motifs is 13. The third-order valence-electron chi connectivity index (χ3n) is 24.2. The highest BCUT2D eigenvalue weighted by Crippen LogP contribution is 2.63. The van der Waals surface area contributed by atoms with Crippen LogP contribution in [0.1, 0.15) is 200 Å². The van der Waals surface area contributed by atoms with Crippen LogP contribution in [0, 0.1) is 0 Å². The van der Waals surface area contributed by atoms with Crippen LogP contribution >= 0.6 is 11.3 Å².